The molecular formula is C21H19N7O. The molecule has 29 heavy (non-hydrogen) atoms. The molecule has 0 amide bonds. The van der Waals surface area contributed by atoms with Crippen molar-refractivity contribution in [1.82, 2.24) is 24.7 Å². The topological polar surface area (TPSA) is 93.0 Å². The molecule has 0 unspecified atom stereocenters. The van der Waals surface area contributed by atoms with E-state index in [0.29, 0.717) is 11.6 Å². The Labute approximate surface area is 166 Å². The van der Waals surface area contributed by atoms with Gasteiger partial charge < -0.3 is 14.3 Å². The number of hydrogen-bond acceptors (Lipinski definition) is 6. The van der Waals surface area contributed by atoms with Gasteiger partial charge in [0.1, 0.15) is 11.3 Å². The number of hydrazone groups is 1. The molecule has 0 atom stereocenters. The maximum Gasteiger partial charge on any atom is 0.265 e. The second-order valence-electron chi connectivity index (χ2n) is 6.81. The zero-order valence-electron chi connectivity index (χ0n) is 16.3. The van der Waals surface area contributed by atoms with Gasteiger partial charge in [0.25, 0.3) is 5.95 Å². The Hall–Kier alpha value is -3.94. The number of nitrogens with one attached hydrogen (secondary N) is 2. The molecule has 8 nitrogen and oxygen atoms in total. The van der Waals surface area contributed by atoms with Crippen molar-refractivity contribution < 1.29 is 4.74 Å². The predicted molar refractivity (Wildman–Crippen MR) is 115 cm³/mol. The lowest BCUT2D eigenvalue weighted by molar-refractivity contribution is 0.415. The summed E-state index contributed by atoms with van der Waals surface area (Å²) in [6.07, 6.45) is 1.77. The first-order chi connectivity index (χ1) is 14.2. The minimum atomic E-state index is 0.329. The molecule has 3 aromatic heterocycles. The molecule has 0 aliphatic carbocycles. The molecule has 0 fully saturated rings. The molecule has 0 saturated carbocycles. The minimum Gasteiger partial charge on any atom is -0.497 e. The van der Waals surface area contributed by atoms with E-state index in [-0.39, 0.29) is 0 Å². The third-order valence-electron chi connectivity index (χ3n) is 5.23. The molecule has 0 saturated heterocycles. The fourth-order valence-electron chi connectivity index (χ4n) is 3.59. The maximum absolute atomic E-state index is 5.36. The average molecular weight is 385 g/mol. The van der Waals surface area contributed by atoms with Crippen LogP contribution in [0.15, 0.2) is 47.6 Å². The summed E-state index contributed by atoms with van der Waals surface area (Å²) in [6, 6.07) is 13.9. The Morgan fingerprint density at radius 3 is 2.86 bits per heavy atom. The number of aromatic amines is 1. The molecule has 3 heterocycles. The summed E-state index contributed by atoms with van der Waals surface area (Å²) in [4.78, 5) is 7.73. The zero-order chi connectivity index (χ0) is 20.0. The summed E-state index contributed by atoms with van der Waals surface area (Å²) >= 11 is 0. The van der Waals surface area contributed by atoms with E-state index >= 15 is 0 Å². The largest absolute Gasteiger partial charge is 0.497 e. The quantitative estimate of drug-likeness (QED) is 0.363. The van der Waals surface area contributed by atoms with E-state index in [1.54, 1.807) is 13.3 Å². The number of methoxy groups -OCH3 is 1. The van der Waals surface area contributed by atoms with Gasteiger partial charge in [0.2, 0.25) is 0 Å². The Morgan fingerprint density at radius 2 is 2.00 bits per heavy atom. The highest BCUT2D eigenvalue weighted by atomic mass is 16.5. The number of nitrogens with zero attached hydrogens (tertiary/aromatic N) is 5. The van der Waals surface area contributed by atoms with Crippen molar-refractivity contribution in [3.05, 3.63) is 53.7 Å². The first-order valence-electron chi connectivity index (χ1n) is 9.19. The molecular weight excluding hydrogens is 366 g/mol. The second-order valence-corrected chi connectivity index (χ2v) is 6.81. The Balaban J connectivity index is 1.48. The van der Waals surface area contributed by atoms with E-state index in [4.69, 9.17) is 4.74 Å². The summed E-state index contributed by atoms with van der Waals surface area (Å²) in [6.45, 7) is 2.06. The number of fused-ring (bicyclic) bond motifs is 4. The van der Waals surface area contributed by atoms with E-state index in [1.807, 2.05) is 49.5 Å². The number of para-hydroxylation sites is 1. The van der Waals surface area contributed by atoms with Crippen LogP contribution in [0.4, 0.5) is 5.95 Å². The lowest BCUT2D eigenvalue weighted by atomic mass is 10.1. The number of ether oxygens (including phenoxy) is 1. The van der Waals surface area contributed by atoms with Gasteiger partial charge in [0.05, 0.1) is 13.3 Å². The van der Waals surface area contributed by atoms with Crippen LogP contribution in [-0.4, -0.2) is 38.1 Å². The molecule has 5 aromatic rings. The van der Waals surface area contributed by atoms with Gasteiger partial charge in [-0.1, -0.05) is 18.2 Å². The summed E-state index contributed by atoms with van der Waals surface area (Å²) in [5.41, 5.74) is 8.50. The molecule has 0 aliphatic heterocycles. The van der Waals surface area contributed by atoms with E-state index in [1.165, 1.54) is 0 Å². The van der Waals surface area contributed by atoms with Crippen molar-refractivity contribution in [2.45, 2.75) is 6.92 Å². The van der Waals surface area contributed by atoms with Crippen LogP contribution in [0.5, 0.6) is 5.75 Å². The number of hydrogen-bond donors (Lipinski definition) is 2. The number of benzene rings is 2. The van der Waals surface area contributed by atoms with E-state index in [2.05, 4.69) is 42.2 Å². The van der Waals surface area contributed by atoms with Gasteiger partial charge in [-0.15, -0.1) is 10.2 Å². The molecule has 0 bridgehead atoms. The molecule has 0 spiro atoms. The summed E-state index contributed by atoms with van der Waals surface area (Å²) in [5.74, 6) is 1.14. The predicted octanol–water partition coefficient (Wildman–Crippen LogP) is 3.76. The number of rotatable bonds is 4. The maximum atomic E-state index is 5.36. The van der Waals surface area contributed by atoms with Crippen LogP contribution in [0.1, 0.15) is 11.3 Å². The van der Waals surface area contributed by atoms with Crippen molar-refractivity contribution >= 4 is 45.1 Å². The zero-order valence-corrected chi connectivity index (χ0v) is 16.3. The van der Waals surface area contributed by atoms with Crippen LogP contribution in [0.3, 0.4) is 0 Å². The van der Waals surface area contributed by atoms with Crippen LogP contribution in [0.2, 0.25) is 0 Å². The van der Waals surface area contributed by atoms with Crippen LogP contribution in [0.25, 0.3) is 33.0 Å². The Morgan fingerprint density at radius 1 is 1.14 bits per heavy atom. The standard InChI is InChI=1S/C21H19N7O/c1-12-16(15-10-13(29-3)8-9-18(15)28(12)2)11-22-26-21-24-20-19(25-27-21)14-6-4-5-7-17(14)23-20/h4-11H,1-3H3,(H2,23,24,26,27)/b22-11+. The van der Waals surface area contributed by atoms with E-state index in [9.17, 15) is 0 Å². The molecule has 0 aliphatic rings. The SMILES string of the molecule is COc1ccc2c(c1)c(/C=N/Nc1nnc3c(n1)[nH]c1ccccc13)c(C)n2C. The number of H-pyrrole nitrogens is 1. The van der Waals surface area contributed by atoms with E-state index < -0.39 is 0 Å². The van der Waals surface area contributed by atoms with Crippen molar-refractivity contribution in [2.75, 3.05) is 12.5 Å². The number of aromatic nitrogens is 5. The van der Waals surface area contributed by atoms with Crippen LogP contribution >= 0.6 is 0 Å². The number of aryl methyl sites for hydroxylation is 1. The van der Waals surface area contributed by atoms with Crippen molar-refractivity contribution in [3.8, 4) is 5.75 Å². The lowest BCUT2D eigenvalue weighted by Gasteiger charge is -2.00. The monoisotopic (exact) mass is 385 g/mol. The third-order valence-corrected chi connectivity index (χ3v) is 5.23. The highest BCUT2D eigenvalue weighted by molar-refractivity contribution is 6.03. The van der Waals surface area contributed by atoms with Crippen LogP contribution in [-0.2, 0) is 7.05 Å². The van der Waals surface area contributed by atoms with Crippen LogP contribution in [0, 0.1) is 6.92 Å². The van der Waals surface area contributed by atoms with Gasteiger partial charge >= 0.3 is 0 Å². The fraction of sp³-hybridized carbons (Fsp3) is 0.143. The normalized spacial score (nSPS) is 11.8. The Kier molecular flexibility index (Phi) is 3.90. The average Bonchev–Trinajstić information content (AvgIpc) is 3.23. The summed E-state index contributed by atoms with van der Waals surface area (Å²) in [7, 11) is 3.70. The smallest absolute Gasteiger partial charge is 0.265 e. The van der Waals surface area contributed by atoms with Gasteiger partial charge in [0.15, 0.2) is 5.65 Å². The third kappa shape index (κ3) is 2.77. The van der Waals surface area contributed by atoms with Crippen LogP contribution < -0.4 is 10.2 Å². The van der Waals surface area contributed by atoms with Gasteiger partial charge in [-0.25, -0.2) is 5.43 Å². The second kappa shape index (κ2) is 6.59. The van der Waals surface area contributed by atoms with Gasteiger partial charge in [-0.05, 0) is 31.2 Å². The first-order valence-corrected chi connectivity index (χ1v) is 9.19. The van der Waals surface area contributed by atoms with E-state index in [0.717, 1.165) is 44.3 Å². The lowest BCUT2D eigenvalue weighted by Crippen LogP contribution is -1.99. The van der Waals surface area contributed by atoms with Crippen molar-refractivity contribution in [3.63, 3.8) is 0 Å². The Bertz CT molecular complexity index is 1400. The van der Waals surface area contributed by atoms with Gasteiger partial charge in [0, 0.05) is 40.1 Å². The highest BCUT2D eigenvalue weighted by Crippen LogP contribution is 2.27. The van der Waals surface area contributed by atoms with Gasteiger partial charge in [-0.2, -0.15) is 10.1 Å². The van der Waals surface area contributed by atoms with Crippen molar-refractivity contribution in [2.24, 2.45) is 12.1 Å². The summed E-state index contributed by atoms with van der Waals surface area (Å²) < 4.78 is 7.49. The molecule has 8 heteroatoms. The highest BCUT2D eigenvalue weighted by Gasteiger charge is 2.12. The molecule has 144 valence electrons. The fourth-order valence-corrected chi connectivity index (χ4v) is 3.59. The molecule has 0 radical (unpaired) electrons. The minimum absolute atomic E-state index is 0.329. The molecule has 2 aromatic carbocycles. The van der Waals surface area contributed by atoms with Crippen molar-refractivity contribution in [1.29, 1.82) is 0 Å². The first kappa shape index (κ1) is 17.2. The summed E-state index contributed by atoms with van der Waals surface area (Å²) in [5, 5.41) is 14.8. The molecule has 2 N–H and O–H groups in total. The number of anilines is 1. The van der Waals surface area contributed by atoms with Gasteiger partial charge in [-0.3, -0.25) is 0 Å². The molecule has 5 rings (SSSR count).